The number of ketones is 1. The SMILES string of the molecule is CC(=O)c1cc2c(cc1N=Nc1ccccc1)OCCO2. The van der Waals surface area contributed by atoms with Crippen LogP contribution in [-0.2, 0) is 0 Å². The maximum atomic E-state index is 11.8. The van der Waals surface area contributed by atoms with Crippen LogP contribution in [0, 0.1) is 0 Å². The molecule has 1 aliphatic rings. The van der Waals surface area contributed by atoms with Crippen molar-refractivity contribution in [2.45, 2.75) is 6.92 Å². The van der Waals surface area contributed by atoms with Gasteiger partial charge in [0.05, 0.1) is 5.69 Å². The molecule has 0 aliphatic carbocycles. The molecule has 0 amide bonds. The monoisotopic (exact) mass is 282 g/mol. The number of carbonyl (C=O) groups is 1. The van der Waals surface area contributed by atoms with Gasteiger partial charge in [0.1, 0.15) is 18.9 Å². The highest BCUT2D eigenvalue weighted by Gasteiger charge is 2.17. The van der Waals surface area contributed by atoms with E-state index in [1.54, 1.807) is 12.1 Å². The van der Waals surface area contributed by atoms with Crippen molar-refractivity contribution in [3.63, 3.8) is 0 Å². The summed E-state index contributed by atoms with van der Waals surface area (Å²) < 4.78 is 11.0. The van der Waals surface area contributed by atoms with Crippen LogP contribution >= 0.6 is 0 Å². The second-order valence-electron chi connectivity index (χ2n) is 4.60. The molecule has 0 atom stereocenters. The molecule has 0 fully saturated rings. The maximum absolute atomic E-state index is 11.8. The molecule has 1 aliphatic heterocycles. The van der Waals surface area contributed by atoms with E-state index in [2.05, 4.69) is 10.2 Å². The number of hydrogen-bond acceptors (Lipinski definition) is 5. The highest BCUT2D eigenvalue weighted by Crippen LogP contribution is 2.37. The smallest absolute Gasteiger partial charge is 0.163 e. The molecule has 0 saturated carbocycles. The Morgan fingerprint density at radius 1 is 1.00 bits per heavy atom. The molecule has 1 heterocycles. The van der Waals surface area contributed by atoms with Gasteiger partial charge in [-0.3, -0.25) is 4.79 Å². The van der Waals surface area contributed by atoms with Crippen molar-refractivity contribution in [3.8, 4) is 11.5 Å². The molecule has 2 aromatic rings. The first-order valence-corrected chi connectivity index (χ1v) is 6.65. The van der Waals surface area contributed by atoms with E-state index in [4.69, 9.17) is 9.47 Å². The van der Waals surface area contributed by atoms with Crippen molar-refractivity contribution in [2.75, 3.05) is 13.2 Å². The minimum Gasteiger partial charge on any atom is -0.486 e. The van der Waals surface area contributed by atoms with Crippen LogP contribution in [0.5, 0.6) is 11.5 Å². The number of benzene rings is 2. The molecular formula is C16H14N2O3. The molecule has 0 N–H and O–H groups in total. The molecule has 0 saturated heterocycles. The van der Waals surface area contributed by atoms with E-state index in [1.807, 2.05) is 30.3 Å². The van der Waals surface area contributed by atoms with E-state index < -0.39 is 0 Å². The zero-order chi connectivity index (χ0) is 14.7. The van der Waals surface area contributed by atoms with E-state index in [-0.39, 0.29) is 5.78 Å². The first kappa shape index (κ1) is 13.3. The summed E-state index contributed by atoms with van der Waals surface area (Å²) in [5.74, 6) is 1.08. The van der Waals surface area contributed by atoms with Crippen molar-refractivity contribution in [1.29, 1.82) is 0 Å². The zero-order valence-electron chi connectivity index (χ0n) is 11.6. The fourth-order valence-electron chi connectivity index (χ4n) is 2.05. The van der Waals surface area contributed by atoms with Crippen LogP contribution in [0.25, 0.3) is 0 Å². The number of carbonyl (C=O) groups excluding carboxylic acids is 1. The number of ether oxygens (including phenoxy) is 2. The lowest BCUT2D eigenvalue weighted by molar-refractivity contribution is 0.101. The van der Waals surface area contributed by atoms with Gasteiger partial charge in [0.2, 0.25) is 0 Å². The van der Waals surface area contributed by atoms with E-state index in [1.165, 1.54) is 6.92 Å². The molecule has 2 aromatic carbocycles. The summed E-state index contributed by atoms with van der Waals surface area (Å²) in [6.45, 7) is 2.46. The minimum absolute atomic E-state index is 0.0889. The number of azo groups is 1. The van der Waals surface area contributed by atoms with Gasteiger partial charge < -0.3 is 9.47 Å². The van der Waals surface area contributed by atoms with Crippen LogP contribution in [0.15, 0.2) is 52.7 Å². The summed E-state index contributed by atoms with van der Waals surface area (Å²) >= 11 is 0. The molecule has 106 valence electrons. The highest BCUT2D eigenvalue weighted by molar-refractivity contribution is 5.99. The van der Waals surface area contributed by atoms with Crippen molar-refractivity contribution in [3.05, 3.63) is 48.0 Å². The van der Waals surface area contributed by atoms with Crippen LogP contribution in [0.1, 0.15) is 17.3 Å². The van der Waals surface area contributed by atoms with Gasteiger partial charge in [0.25, 0.3) is 0 Å². The number of nitrogens with zero attached hydrogens (tertiary/aromatic N) is 2. The Balaban J connectivity index is 2.00. The standard InChI is InChI=1S/C16H14N2O3/c1-11(19)13-9-15-16(21-8-7-20-15)10-14(13)18-17-12-5-3-2-4-6-12/h2-6,9-10H,7-8H2,1H3. The van der Waals surface area contributed by atoms with Gasteiger partial charge in [0, 0.05) is 11.6 Å². The predicted octanol–water partition coefficient (Wildman–Crippen LogP) is 4.08. The van der Waals surface area contributed by atoms with Gasteiger partial charge in [-0.05, 0) is 25.1 Å². The summed E-state index contributed by atoms with van der Waals surface area (Å²) in [5.41, 5.74) is 1.68. The fraction of sp³-hybridized carbons (Fsp3) is 0.188. The first-order chi connectivity index (χ1) is 10.2. The first-order valence-electron chi connectivity index (χ1n) is 6.65. The Bertz CT molecular complexity index is 696. The Morgan fingerprint density at radius 3 is 2.33 bits per heavy atom. The fourth-order valence-corrected chi connectivity index (χ4v) is 2.05. The van der Waals surface area contributed by atoms with Crippen molar-refractivity contribution in [1.82, 2.24) is 0 Å². The van der Waals surface area contributed by atoms with Crippen molar-refractivity contribution >= 4 is 17.2 Å². The van der Waals surface area contributed by atoms with Crippen molar-refractivity contribution < 1.29 is 14.3 Å². The Hall–Kier alpha value is -2.69. The van der Waals surface area contributed by atoms with E-state index in [9.17, 15) is 4.79 Å². The summed E-state index contributed by atoms with van der Waals surface area (Å²) in [7, 11) is 0. The molecule has 0 spiro atoms. The lowest BCUT2D eigenvalue weighted by atomic mass is 10.1. The van der Waals surface area contributed by atoms with Crippen LogP contribution in [-0.4, -0.2) is 19.0 Å². The third-order valence-electron chi connectivity index (χ3n) is 3.07. The topological polar surface area (TPSA) is 60.2 Å². The van der Waals surface area contributed by atoms with Crippen LogP contribution in [0.3, 0.4) is 0 Å². The zero-order valence-corrected chi connectivity index (χ0v) is 11.6. The molecular weight excluding hydrogens is 268 g/mol. The molecule has 0 radical (unpaired) electrons. The molecule has 5 heteroatoms. The molecule has 0 aromatic heterocycles. The summed E-state index contributed by atoms with van der Waals surface area (Å²) in [6.07, 6.45) is 0. The summed E-state index contributed by atoms with van der Waals surface area (Å²) in [4.78, 5) is 11.8. The lowest BCUT2D eigenvalue weighted by Crippen LogP contribution is -2.15. The summed E-state index contributed by atoms with van der Waals surface area (Å²) in [6, 6.07) is 12.7. The number of rotatable bonds is 3. The number of fused-ring (bicyclic) bond motifs is 1. The van der Waals surface area contributed by atoms with E-state index in [0.29, 0.717) is 36.0 Å². The Labute approximate surface area is 122 Å². The normalized spacial score (nSPS) is 13.4. The Morgan fingerprint density at radius 2 is 1.67 bits per heavy atom. The van der Waals surface area contributed by atoms with Crippen LogP contribution in [0.2, 0.25) is 0 Å². The number of hydrogen-bond donors (Lipinski definition) is 0. The summed E-state index contributed by atoms with van der Waals surface area (Å²) in [5, 5.41) is 8.32. The molecule has 0 bridgehead atoms. The van der Waals surface area contributed by atoms with Crippen LogP contribution < -0.4 is 9.47 Å². The molecule has 3 rings (SSSR count). The Kier molecular flexibility index (Phi) is 3.64. The molecule has 5 nitrogen and oxygen atoms in total. The van der Waals surface area contributed by atoms with Gasteiger partial charge in [-0.15, -0.1) is 5.11 Å². The number of Topliss-reactive ketones (excluding diaryl/α,β-unsaturated/α-hetero) is 1. The average molecular weight is 282 g/mol. The highest BCUT2D eigenvalue weighted by atomic mass is 16.6. The predicted molar refractivity (Wildman–Crippen MR) is 78.1 cm³/mol. The van der Waals surface area contributed by atoms with Gasteiger partial charge in [-0.2, -0.15) is 5.11 Å². The van der Waals surface area contributed by atoms with Gasteiger partial charge in [-0.25, -0.2) is 0 Å². The van der Waals surface area contributed by atoms with Crippen LogP contribution in [0.4, 0.5) is 11.4 Å². The quantitative estimate of drug-likeness (QED) is 0.629. The minimum atomic E-state index is -0.0889. The lowest BCUT2D eigenvalue weighted by Gasteiger charge is -2.19. The van der Waals surface area contributed by atoms with Gasteiger partial charge in [0.15, 0.2) is 17.3 Å². The third kappa shape index (κ3) is 2.91. The maximum Gasteiger partial charge on any atom is 0.163 e. The van der Waals surface area contributed by atoms with Crippen molar-refractivity contribution in [2.24, 2.45) is 10.2 Å². The van der Waals surface area contributed by atoms with E-state index >= 15 is 0 Å². The third-order valence-corrected chi connectivity index (χ3v) is 3.07. The second kappa shape index (κ2) is 5.75. The average Bonchev–Trinajstić information content (AvgIpc) is 2.53. The van der Waals surface area contributed by atoms with Gasteiger partial charge in [-0.1, -0.05) is 18.2 Å². The largest absolute Gasteiger partial charge is 0.486 e. The van der Waals surface area contributed by atoms with Gasteiger partial charge >= 0.3 is 0 Å². The second-order valence-corrected chi connectivity index (χ2v) is 4.60. The van der Waals surface area contributed by atoms with E-state index in [0.717, 1.165) is 5.69 Å². The molecule has 0 unspecified atom stereocenters. The molecule has 21 heavy (non-hydrogen) atoms.